The minimum absolute atomic E-state index is 0.222. The fourth-order valence-electron chi connectivity index (χ4n) is 4.61. The smallest absolute Gasteiger partial charge is 0.339 e. The minimum Gasteiger partial charge on any atom is -0.422 e. The first-order valence-electron chi connectivity index (χ1n) is 11.5. The van der Waals surface area contributed by atoms with Crippen molar-refractivity contribution in [3.8, 4) is 0 Å². The summed E-state index contributed by atoms with van der Waals surface area (Å²) in [5.41, 5.74) is 18.8. The van der Waals surface area contributed by atoms with E-state index in [-0.39, 0.29) is 11.3 Å². The topological polar surface area (TPSA) is 86.4 Å². The Kier molecular flexibility index (Phi) is 6.53. The average molecular weight is 462 g/mol. The van der Waals surface area contributed by atoms with E-state index in [1.54, 1.807) is 6.92 Å². The van der Waals surface area contributed by atoms with Crippen molar-refractivity contribution in [3.05, 3.63) is 82.0 Å². The van der Waals surface area contributed by atoms with Gasteiger partial charge in [-0.15, -0.1) is 0 Å². The maximum absolute atomic E-state index is 11.7. The number of benzene rings is 2. The Morgan fingerprint density at radius 1 is 0.412 bits per heavy atom. The summed E-state index contributed by atoms with van der Waals surface area (Å²) in [6.45, 7) is 21.8. The summed E-state index contributed by atoms with van der Waals surface area (Å²) in [5.74, 6) is 0. The Morgan fingerprint density at radius 3 is 1.18 bits per heavy atom. The monoisotopic (exact) mass is 461 g/mol. The SMILES string of the molecule is Cc1c(C)c(C)c2c(C)c(C)c(=O)oc2c1C.Cc1c(N)c(C)c2oc(=O)c(C)c(C)c2c1C. The van der Waals surface area contributed by atoms with Gasteiger partial charge in [-0.1, -0.05) is 0 Å². The molecule has 0 amide bonds. The molecule has 0 aliphatic rings. The molecule has 5 heteroatoms. The van der Waals surface area contributed by atoms with E-state index in [1.165, 1.54) is 16.7 Å². The van der Waals surface area contributed by atoms with Crippen molar-refractivity contribution in [2.24, 2.45) is 0 Å². The van der Waals surface area contributed by atoms with Crippen LogP contribution in [0, 0.1) is 76.2 Å². The van der Waals surface area contributed by atoms with Gasteiger partial charge in [0.25, 0.3) is 0 Å². The molecule has 0 spiro atoms. The van der Waals surface area contributed by atoms with Crippen LogP contribution in [0.1, 0.15) is 61.2 Å². The molecule has 4 aromatic rings. The third-order valence-corrected chi connectivity index (χ3v) is 7.82. The Morgan fingerprint density at radius 2 is 0.735 bits per heavy atom. The number of hydrogen-bond donors (Lipinski definition) is 1. The Labute approximate surface area is 200 Å². The van der Waals surface area contributed by atoms with Crippen LogP contribution < -0.4 is 17.0 Å². The lowest BCUT2D eigenvalue weighted by Gasteiger charge is -2.15. The molecular formula is C29H35NO4. The molecule has 0 saturated carbocycles. The highest BCUT2D eigenvalue weighted by Gasteiger charge is 2.17. The van der Waals surface area contributed by atoms with Gasteiger partial charge in [0, 0.05) is 33.2 Å². The summed E-state index contributed by atoms with van der Waals surface area (Å²) in [7, 11) is 0. The van der Waals surface area contributed by atoms with Gasteiger partial charge in [0.05, 0.1) is 0 Å². The van der Waals surface area contributed by atoms with Gasteiger partial charge in [-0.05, 0) is 121 Å². The van der Waals surface area contributed by atoms with Crippen LogP contribution in [0.25, 0.3) is 21.9 Å². The van der Waals surface area contributed by atoms with Crippen LogP contribution in [0.5, 0.6) is 0 Å². The molecule has 2 N–H and O–H groups in total. The summed E-state index contributed by atoms with van der Waals surface area (Å²) < 4.78 is 10.9. The van der Waals surface area contributed by atoms with Gasteiger partial charge in [-0.3, -0.25) is 0 Å². The van der Waals surface area contributed by atoms with Gasteiger partial charge >= 0.3 is 11.3 Å². The van der Waals surface area contributed by atoms with Gasteiger partial charge in [-0.2, -0.15) is 0 Å². The molecule has 0 unspecified atom stereocenters. The van der Waals surface area contributed by atoms with E-state index >= 15 is 0 Å². The Bertz CT molecular complexity index is 1480. The summed E-state index contributed by atoms with van der Waals surface area (Å²) in [6.07, 6.45) is 0. The zero-order valence-electron chi connectivity index (χ0n) is 22.2. The second kappa shape index (κ2) is 8.79. The van der Waals surface area contributed by atoms with Crippen molar-refractivity contribution in [2.75, 3.05) is 5.73 Å². The number of nitrogens with two attached hydrogens (primary N) is 1. The molecule has 2 aromatic heterocycles. The van der Waals surface area contributed by atoms with Gasteiger partial charge < -0.3 is 14.6 Å². The lowest BCUT2D eigenvalue weighted by atomic mass is 9.92. The number of nitrogen functional groups attached to an aromatic ring is 1. The molecule has 0 radical (unpaired) electrons. The minimum atomic E-state index is -0.277. The third-order valence-electron chi connectivity index (χ3n) is 7.82. The molecule has 0 saturated heterocycles. The summed E-state index contributed by atoms with van der Waals surface area (Å²) in [5, 5.41) is 2.12. The quantitative estimate of drug-likeness (QED) is 0.237. The zero-order valence-corrected chi connectivity index (χ0v) is 22.2. The largest absolute Gasteiger partial charge is 0.422 e. The van der Waals surface area contributed by atoms with Crippen LogP contribution in [-0.2, 0) is 0 Å². The molecule has 0 atom stereocenters. The molecule has 0 bridgehead atoms. The van der Waals surface area contributed by atoms with Crippen molar-refractivity contribution in [1.82, 2.24) is 0 Å². The molecule has 2 heterocycles. The second-order valence-corrected chi connectivity index (χ2v) is 9.48. The molecule has 0 aliphatic heterocycles. The standard InChI is InChI=1S/C15H18O2.C14H17NO2/c1-7-8(2)11(5)14-13(9(7)3)10(4)12(6)15(16)17-14;1-6-8(3)12(15)10(5)13-11(6)7(2)9(4)14(16)17-13/h1-6H3;15H2,1-5H3. The van der Waals surface area contributed by atoms with E-state index < -0.39 is 0 Å². The summed E-state index contributed by atoms with van der Waals surface area (Å²) in [4.78, 5) is 23.5. The van der Waals surface area contributed by atoms with Crippen molar-refractivity contribution in [1.29, 1.82) is 0 Å². The van der Waals surface area contributed by atoms with Gasteiger partial charge in [0.1, 0.15) is 11.2 Å². The molecule has 0 aliphatic carbocycles. The van der Waals surface area contributed by atoms with Crippen LogP contribution >= 0.6 is 0 Å². The highest BCUT2D eigenvalue weighted by molar-refractivity contribution is 5.92. The molecule has 0 fully saturated rings. The Balaban J connectivity index is 0.000000191. The number of rotatable bonds is 0. The van der Waals surface area contributed by atoms with Crippen molar-refractivity contribution < 1.29 is 8.83 Å². The van der Waals surface area contributed by atoms with Crippen LogP contribution in [0.3, 0.4) is 0 Å². The second-order valence-electron chi connectivity index (χ2n) is 9.48. The molecular weight excluding hydrogens is 426 g/mol. The van der Waals surface area contributed by atoms with Gasteiger partial charge in [0.2, 0.25) is 0 Å². The van der Waals surface area contributed by atoms with Crippen molar-refractivity contribution in [2.45, 2.75) is 76.2 Å². The maximum Gasteiger partial charge on any atom is 0.339 e. The van der Waals surface area contributed by atoms with E-state index in [0.717, 1.165) is 49.7 Å². The summed E-state index contributed by atoms with van der Waals surface area (Å²) >= 11 is 0. The number of hydrogen-bond acceptors (Lipinski definition) is 5. The van der Waals surface area contributed by atoms with E-state index in [1.807, 2.05) is 48.5 Å². The average Bonchev–Trinajstić information content (AvgIpc) is 2.80. The number of fused-ring (bicyclic) bond motifs is 2. The van der Waals surface area contributed by atoms with Crippen molar-refractivity contribution >= 4 is 27.6 Å². The Hall–Kier alpha value is -3.34. The first-order chi connectivity index (χ1) is 15.7. The summed E-state index contributed by atoms with van der Waals surface area (Å²) in [6, 6.07) is 0. The third kappa shape index (κ3) is 3.73. The highest BCUT2D eigenvalue weighted by atomic mass is 16.4. The maximum atomic E-state index is 11.7. The fraction of sp³-hybridized carbons (Fsp3) is 0.379. The fourth-order valence-corrected chi connectivity index (χ4v) is 4.61. The van der Waals surface area contributed by atoms with E-state index in [0.29, 0.717) is 22.4 Å². The highest BCUT2D eigenvalue weighted by Crippen LogP contribution is 2.33. The van der Waals surface area contributed by atoms with Crippen LogP contribution in [0.4, 0.5) is 5.69 Å². The van der Waals surface area contributed by atoms with Gasteiger partial charge in [0.15, 0.2) is 0 Å². The molecule has 4 rings (SSSR count). The predicted octanol–water partition coefficient (Wildman–Crippen LogP) is 6.56. The molecule has 180 valence electrons. The lowest BCUT2D eigenvalue weighted by Crippen LogP contribution is -2.09. The van der Waals surface area contributed by atoms with Crippen LogP contribution in [0.2, 0.25) is 0 Å². The lowest BCUT2D eigenvalue weighted by molar-refractivity contribution is 0.550. The number of aryl methyl sites for hydroxylation is 6. The van der Waals surface area contributed by atoms with E-state index in [9.17, 15) is 9.59 Å². The van der Waals surface area contributed by atoms with Crippen molar-refractivity contribution in [3.63, 3.8) is 0 Å². The zero-order chi connectivity index (χ0) is 25.8. The van der Waals surface area contributed by atoms with Crippen LogP contribution in [0.15, 0.2) is 18.4 Å². The molecule has 5 nitrogen and oxygen atoms in total. The normalized spacial score (nSPS) is 11.1. The predicted molar refractivity (Wildman–Crippen MR) is 141 cm³/mol. The first-order valence-corrected chi connectivity index (χ1v) is 11.5. The van der Waals surface area contributed by atoms with Crippen LogP contribution in [-0.4, -0.2) is 0 Å². The van der Waals surface area contributed by atoms with E-state index in [2.05, 4.69) is 20.8 Å². The molecule has 2 aromatic carbocycles. The van der Waals surface area contributed by atoms with E-state index in [4.69, 9.17) is 14.6 Å². The molecule has 34 heavy (non-hydrogen) atoms. The first kappa shape index (κ1) is 25.3. The van der Waals surface area contributed by atoms with Gasteiger partial charge in [-0.25, -0.2) is 9.59 Å². The number of anilines is 1.